The number of nitrogens with one attached hydrogen (secondary N) is 2. The van der Waals surface area contributed by atoms with Gasteiger partial charge >= 0.3 is 6.18 Å². The molecule has 7 nitrogen and oxygen atoms in total. The molecule has 2 aliphatic heterocycles. The number of benzene rings is 3. The molecule has 1 fully saturated rings. The molecule has 3 aromatic carbocycles. The summed E-state index contributed by atoms with van der Waals surface area (Å²) in [5, 5.41) is 6.08. The molecule has 3 amide bonds. The molecule has 0 aromatic heterocycles. The van der Waals surface area contributed by atoms with Crippen molar-refractivity contribution in [2.45, 2.75) is 57.9 Å². The second kappa shape index (κ2) is 14.0. The Hall–Kier alpha value is -3.89. The molecule has 2 aliphatic rings. The Morgan fingerprint density at radius 3 is 2.53 bits per heavy atom. The molecular formula is C34H36ClF3N4O3. The van der Waals surface area contributed by atoms with E-state index >= 15 is 0 Å². The lowest BCUT2D eigenvalue weighted by Gasteiger charge is -2.35. The van der Waals surface area contributed by atoms with Crippen LogP contribution >= 0.6 is 11.6 Å². The monoisotopic (exact) mass is 640 g/mol. The van der Waals surface area contributed by atoms with Crippen LogP contribution in [0.2, 0.25) is 5.02 Å². The quantitative estimate of drug-likeness (QED) is 0.236. The van der Waals surface area contributed by atoms with Crippen molar-refractivity contribution >= 4 is 35.5 Å². The predicted molar refractivity (Wildman–Crippen MR) is 168 cm³/mol. The Labute approximate surface area is 265 Å². The number of imide groups is 1. The van der Waals surface area contributed by atoms with Crippen LogP contribution in [0.15, 0.2) is 60.7 Å². The Morgan fingerprint density at radius 2 is 1.82 bits per heavy atom. The minimum Gasteiger partial charge on any atom is -0.371 e. The van der Waals surface area contributed by atoms with Crippen LogP contribution in [0.5, 0.6) is 0 Å². The van der Waals surface area contributed by atoms with Gasteiger partial charge in [-0.1, -0.05) is 41.9 Å². The summed E-state index contributed by atoms with van der Waals surface area (Å²) in [6, 6.07) is 17.0. The molecule has 0 aliphatic carbocycles. The van der Waals surface area contributed by atoms with Gasteiger partial charge in [0.05, 0.1) is 5.56 Å². The molecule has 1 unspecified atom stereocenters. The van der Waals surface area contributed by atoms with Crippen LogP contribution in [0.4, 0.5) is 18.9 Å². The molecular weight excluding hydrogens is 605 g/mol. The number of halogens is 4. The summed E-state index contributed by atoms with van der Waals surface area (Å²) in [4.78, 5) is 38.6. The first-order valence-corrected chi connectivity index (χ1v) is 15.5. The first-order chi connectivity index (χ1) is 21.5. The van der Waals surface area contributed by atoms with E-state index < -0.39 is 11.7 Å². The lowest BCUT2D eigenvalue weighted by molar-refractivity contribution is -0.137. The van der Waals surface area contributed by atoms with Crippen LogP contribution < -0.4 is 15.5 Å². The third-order valence-electron chi connectivity index (χ3n) is 8.72. The minimum atomic E-state index is -4.48. The van der Waals surface area contributed by atoms with Gasteiger partial charge in [0, 0.05) is 54.9 Å². The number of rotatable bonds is 11. The lowest BCUT2D eigenvalue weighted by atomic mass is 9.94. The van der Waals surface area contributed by atoms with E-state index in [1.54, 1.807) is 41.3 Å². The molecule has 1 saturated heterocycles. The maximum Gasteiger partial charge on any atom is 0.418 e. The largest absolute Gasteiger partial charge is 0.418 e. The van der Waals surface area contributed by atoms with E-state index in [4.69, 9.17) is 11.6 Å². The number of carbonyl (C=O) groups is 3. The Balaban J connectivity index is 1.13. The van der Waals surface area contributed by atoms with Crippen LogP contribution in [0.3, 0.4) is 0 Å². The van der Waals surface area contributed by atoms with Crippen molar-refractivity contribution in [2.75, 3.05) is 24.5 Å². The Morgan fingerprint density at radius 1 is 1.07 bits per heavy atom. The van der Waals surface area contributed by atoms with E-state index in [0.29, 0.717) is 66.6 Å². The van der Waals surface area contributed by atoms with Crippen LogP contribution in [0.1, 0.15) is 59.7 Å². The number of hydrogen-bond acceptors (Lipinski definition) is 5. The number of anilines is 1. The van der Waals surface area contributed by atoms with E-state index in [-0.39, 0.29) is 30.0 Å². The Bertz CT molecular complexity index is 1560. The minimum absolute atomic E-state index is 0.0626. The average Bonchev–Trinajstić information content (AvgIpc) is 3.35. The molecule has 238 valence electrons. The molecule has 0 saturated carbocycles. The number of alkyl halides is 3. The SMILES string of the molecule is CC(CCC(=O)NC=O)N1Cc2cc(CNCC3CCN(c4ccc(-c5cccc(Cl)c5)cc4C(F)(F)F)CC3)ccc2C1=O. The zero-order chi connectivity index (χ0) is 32.1. The van der Waals surface area contributed by atoms with Crippen molar-refractivity contribution in [1.82, 2.24) is 15.5 Å². The molecule has 0 radical (unpaired) electrons. The third kappa shape index (κ3) is 7.86. The van der Waals surface area contributed by atoms with Gasteiger partial charge in [0.1, 0.15) is 0 Å². The van der Waals surface area contributed by atoms with Gasteiger partial charge in [-0.2, -0.15) is 13.2 Å². The zero-order valence-electron chi connectivity index (χ0n) is 25.0. The molecule has 1 atom stereocenters. The first kappa shape index (κ1) is 32.5. The van der Waals surface area contributed by atoms with Crippen molar-refractivity contribution in [2.24, 2.45) is 5.92 Å². The van der Waals surface area contributed by atoms with Gasteiger partial charge in [-0.3, -0.25) is 19.7 Å². The van der Waals surface area contributed by atoms with Gasteiger partial charge in [-0.25, -0.2) is 0 Å². The van der Waals surface area contributed by atoms with E-state index in [0.717, 1.165) is 30.5 Å². The van der Waals surface area contributed by atoms with Gasteiger partial charge in [0.25, 0.3) is 5.91 Å². The molecule has 2 N–H and O–H groups in total. The molecule has 11 heteroatoms. The fourth-order valence-corrected chi connectivity index (χ4v) is 6.37. The number of hydrogen-bond donors (Lipinski definition) is 2. The van der Waals surface area contributed by atoms with Crippen LogP contribution in [0.25, 0.3) is 11.1 Å². The van der Waals surface area contributed by atoms with Crippen molar-refractivity contribution in [3.63, 3.8) is 0 Å². The Kier molecular flexibility index (Phi) is 10.1. The summed E-state index contributed by atoms with van der Waals surface area (Å²) in [6.07, 6.45) is -1.95. The molecule has 45 heavy (non-hydrogen) atoms. The highest BCUT2D eigenvalue weighted by Crippen LogP contribution is 2.40. The summed E-state index contributed by atoms with van der Waals surface area (Å²) >= 11 is 6.06. The number of carbonyl (C=O) groups excluding carboxylic acids is 3. The topological polar surface area (TPSA) is 81.8 Å². The summed E-state index contributed by atoms with van der Waals surface area (Å²) in [6.45, 7) is 4.81. The highest BCUT2D eigenvalue weighted by Gasteiger charge is 2.36. The highest BCUT2D eigenvalue weighted by atomic mass is 35.5. The van der Waals surface area contributed by atoms with E-state index in [1.807, 2.05) is 30.0 Å². The predicted octanol–water partition coefficient (Wildman–Crippen LogP) is 6.43. The second-order valence-corrected chi connectivity index (χ2v) is 12.2. The number of fused-ring (bicyclic) bond motifs is 1. The van der Waals surface area contributed by atoms with Gasteiger partial charge in [0.15, 0.2) is 0 Å². The summed E-state index contributed by atoms with van der Waals surface area (Å²) in [5.74, 6) is -0.0906. The van der Waals surface area contributed by atoms with Crippen molar-refractivity contribution in [3.05, 3.63) is 87.9 Å². The molecule has 2 heterocycles. The van der Waals surface area contributed by atoms with Crippen molar-refractivity contribution in [1.29, 1.82) is 0 Å². The summed E-state index contributed by atoms with van der Waals surface area (Å²) in [5.41, 5.74) is 3.35. The zero-order valence-corrected chi connectivity index (χ0v) is 25.8. The fourth-order valence-electron chi connectivity index (χ4n) is 6.18. The normalized spacial score (nSPS) is 16.1. The van der Waals surface area contributed by atoms with Crippen LogP contribution in [0, 0.1) is 5.92 Å². The average molecular weight is 641 g/mol. The number of amides is 3. The third-order valence-corrected chi connectivity index (χ3v) is 8.96. The summed E-state index contributed by atoms with van der Waals surface area (Å²) in [7, 11) is 0. The van der Waals surface area contributed by atoms with Gasteiger partial charge in [-0.05, 0) is 91.2 Å². The smallest absolute Gasteiger partial charge is 0.371 e. The van der Waals surface area contributed by atoms with Gasteiger partial charge in [0.2, 0.25) is 12.3 Å². The first-order valence-electron chi connectivity index (χ1n) is 15.1. The van der Waals surface area contributed by atoms with Gasteiger partial charge in [-0.15, -0.1) is 0 Å². The molecule has 0 spiro atoms. The number of piperidine rings is 1. The van der Waals surface area contributed by atoms with Crippen molar-refractivity contribution in [3.8, 4) is 11.1 Å². The van der Waals surface area contributed by atoms with E-state index in [1.165, 1.54) is 6.07 Å². The summed E-state index contributed by atoms with van der Waals surface area (Å²) < 4.78 is 42.4. The van der Waals surface area contributed by atoms with E-state index in [9.17, 15) is 27.6 Å². The number of nitrogens with zero attached hydrogens (tertiary/aromatic N) is 2. The van der Waals surface area contributed by atoms with Crippen LogP contribution in [-0.4, -0.2) is 48.8 Å². The maximum absolute atomic E-state index is 14.1. The highest BCUT2D eigenvalue weighted by molar-refractivity contribution is 6.30. The maximum atomic E-state index is 14.1. The molecule has 3 aromatic rings. The second-order valence-electron chi connectivity index (χ2n) is 11.8. The lowest BCUT2D eigenvalue weighted by Crippen LogP contribution is -2.38. The van der Waals surface area contributed by atoms with Crippen molar-refractivity contribution < 1.29 is 27.6 Å². The molecule has 0 bridgehead atoms. The fraction of sp³-hybridized carbons (Fsp3) is 0.382. The molecule has 5 rings (SSSR count). The van der Waals surface area contributed by atoms with Crippen LogP contribution in [-0.2, 0) is 28.9 Å². The van der Waals surface area contributed by atoms with E-state index in [2.05, 4.69) is 10.6 Å². The van der Waals surface area contributed by atoms with Gasteiger partial charge < -0.3 is 15.1 Å². The standard InChI is InChI=1S/C34H36ClF3N4O3/c1-22(5-10-32(44)40-21-43)42-20-27-15-24(6-8-29(27)33(42)45)19-39-18-23-11-13-41(14-12-23)31-9-7-26(17-30(31)34(36,37)38)25-3-2-4-28(35)16-25/h2-4,6-9,15-17,21-23,39H,5,10-14,18-20H2,1H3,(H,40,43,44).